The normalized spacial score (nSPS) is 14.8. The molecule has 1 amide bonds. The molecule has 0 bridgehead atoms. The topological polar surface area (TPSA) is 84.7 Å². The van der Waals surface area contributed by atoms with E-state index in [4.69, 9.17) is 16.3 Å². The second-order valence-corrected chi connectivity index (χ2v) is 5.01. The molecule has 1 N–H and O–H groups in total. The predicted molar refractivity (Wildman–Crippen MR) is 77.7 cm³/mol. The van der Waals surface area contributed by atoms with Crippen molar-refractivity contribution >= 4 is 23.2 Å². The van der Waals surface area contributed by atoms with Gasteiger partial charge in [-0.2, -0.15) is 0 Å². The van der Waals surface area contributed by atoms with Crippen LogP contribution in [0.4, 0.5) is 5.69 Å². The molecule has 0 atom stereocenters. The van der Waals surface area contributed by atoms with E-state index in [1.165, 1.54) is 18.2 Å². The van der Waals surface area contributed by atoms with Crippen LogP contribution in [0.5, 0.6) is 5.75 Å². The Bertz CT molecular complexity index is 532. The van der Waals surface area contributed by atoms with E-state index >= 15 is 0 Å². The van der Waals surface area contributed by atoms with E-state index in [1.807, 2.05) is 0 Å². The van der Waals surface area contributed by atoms with Gasteiger partial charge in [0.2, 0.25) is 5.91 Å². The van der Waals surface area contributed by atoms with Gasteiger partial charge in [0.15, 0.2) is 0 Å². The van der Waals surface area contributed by atoms with Gasteiger partial charge >= 0.3 is 0 Å². The molecule has 1 aromatic carbocycles. The van der Waals surface area contributed by atoms with E-state index in [0.717, 1.165) is 13.1 Å². The smallest absolute Gasteiger partial charge is 0.271 e. The summed E-state index contributed by atoms with van der Waals surface area (Å²) in [5.41, 5.74) is -0.0933. The van der Waals surface area contributed by atoms with Crippen LogP contribution in [0.3, 0.4) is 0 Å². The molecular formula is C13H16ClN3O4. The molecular weight excluding hydrogens is 298 g/mol. The largest absolute Gasteiger partial charge is 0.491 e. The molecule has 2 rings (SSSR count). The Morgan fingerprint density at radius 3 is 2.76 bits per heavy atom. The highest BCUT2D eigenvalue weighted by Crippen LogP contribution is 2.28. The summed E-state index contributed by atoms with van der Waals surface area (Å²) in [5.74, 6) is 0.380. The van der Waals surface area contributed by atoms with Crippen LogP contribution in [0.25, 0.3) is 0 Å². The van der Waals surface area contributed by atoms with Gasteiger partial charge in [-0.25, -0.2) is 0 Å². The lowest BCUT2D eigenvalue weighted by atomic mass is 10.3. The number of carbonyl (C=O) groups is 1. The summed E-state index contributed by atoms with van der Waals surface area (Å²) in [6.07, 6.45) is 0.257. The second-order valence-electron chi connectivity index (χ2n) is 4.60. The molecule has 7 nitrogen and oxygen atoms in total. The Balaban J connectivity index is 1.83. The van der Waals surface area contributed by atoms with E-state index in [9.17, 15) is 14.9 Å². The first kappa shape index (κ1) is 15.5. The maximum Gasteiger partial charge on any atom is 0.271 e. The quantitative estimate of drug-likeness (QED) is 0.657. The van der Waals surface area contributed by atoms with Gasteiger partial charge in [-0.05, 0) is 6.07 Å². The highest BCUT2D eigenvalue weighted by atomic mass is 35.5. The molecule has 0 spiro atoms. The van der Waals surface area contributed by atoms with Gasteiger partial charge in [-0.3, -0.25) is 14.9 Å². The van der Waals surface area contributed by atoms with Crippen molar-refractivity contribution < 1.29 is 14.5 Å². The zero-order valence-corrected chi connectivity index (χ0v) is 12.1. The summed E-state index contributed by atoms with van der Waals surface area (Å²) in [5, 5.41) is 13.9. The molecule has 0 unspecified atom stereocenters. The van der Waals surface area contributed by atoms with Crippen LogP contribution in [0.15, 0.2) is 18.2 Å². The number of nitrogens with one attached hydrogen (secondary N) is 1. The van der Waals surface area contributed by atoms with Crippen molar-refractivity contribution in [2.75, 3.05) is 32.8 Å². The van der Waals surface area contributed by atoms with Crippen LogP contribution in [0, 0.1) is 10.1 Å². The first-order chi connectivity index (χ1) is 10.1. The third-order valence-corrected chi connectivity index (χ3v) is 3.46. The lowest BCUT2D eigenvalue weighted by Gasteiger charge is -2.27. The third-order valence-electron chi connectivity index (χ3n) is 3.17. The average molecular weight is 314 g/mol. The molecule has 21 heavy (non-hydrogen) atoms. The number of amides is 1. The van der Waals surface area contributed by atoms with Crippen molar-refractivity contribution in [3.8, 4) is 5.75 Å². The van der Waals surface area contributed by atoms with Crippen LogP contribution >= 0.6 is 11.6 Å². The van der Waals surface area contributed by atoms with E-state index < -0.39 is 4.92 Å². The van der Waals surface area contributed by atoms with Crippen molar-refractivity contribution in [2.45, 2.75) is 6.42 Å². The second kappa shape index (κ2) is 7.24. The Labute approximate surface area is 127 Å². The Morgan fingerprint density at radius 1 is 1.43 bits per heavy atom. The summed E-state index contributed by atoms with van der Waals surface area (Å²) in [6.45, 7) is 3.22. The van der Waals surface area contributed by atoms with Gasteiger partial charge in [0, 0.05) is 38.3 Å². The number of nitro benzene ring substituents is 1. The van der Waals surface area contributed by atoms with Crippen molar-refractivity contribution in [3.63, 3.8) is 0 Å². The number of halogens is 1. The minimum Gasteiger partial charge on any atom is -0.491 e. The maximum atomic E-state index is 11.9. The first-order valence-corrected chi connectivity index (χ1v) is 7.01. The van der Waals surface area contributed by atoms with Gasteiger partial charge in [0.25, 0.3) is 5.69 Å². The predicted octanol–water partition coefficient (Wildman–Crippen LogP) is 1.45. The average Bonchev–Trinajstić information content (AvgIpc) is 2.49. The first-order valence-electron chi connectivity index (χ1n) is 6.63. The van der Waals surface area contributed by atoms with Crippen molar-refractivity contribution in [1.82, 2.24) is 10.2 Å². The Hall–Kier alpha value is -1.86. The number of non-ortho nitro benzene ring substituents is 1. The summed E-state index contributed by atoms with van der Waals surface area (Å²) in [7, 11) is 0. The van der Waals surface area contributed by atoms with Crippen LogP contribution in [0.1, 0.15) is 6.42 Å². The molecule has 1 saturated heterocycles. The van der Waals surface area contributed by atoms with E-state index in [1.54, 1.807) is 4.90 Å². The third kappa shape index (κ3) is 4.30. The molecule has 114 valence electrons. The van der Waals surface area contributed by atoms with Gasteiger partial charge < -0.3 is 15.0 Å². The molecule has 0 aromatic heterocycles. The zero-order valence-electron chi connectivity index (χ0n) is 11.4. The van der Waals surface area contributed by atoms with E-state index in [2.05, 4.69) is 5.32 Å². The SMILES string of the molecule is O=C(CCOc1ccc([N+](=O)[O-])cc1Cl)N1CCNCC1. The van der Waals surface area contributed by atoms with E-state index in [0.29, 0.717) is 18.8 Å². The summed E-state index contributed by atoms with van der Waals surface area (Å²) in [4.78, 5) is 23.8. The summed E-state index contributed by atoms with van der Waals surface area (Å²) in [6, 6.07) is 3.99. The maximum absolute atomic E-state index is 11.9. The van der Waals surface area contributed by atoms with Gasteiger partial charge in [-0.1, -0.05) is 11.6 Å². The highest BCUT2D eigenvalue weighted by molar-refractivity contribution is 6.32. The minimum atomic E-state index is -0.524. The number of hydrogen-bond donors (Lipinski definition) is 1. The number of benzene rings is 1. The van der Waals surface area contributed by atoms with Crippen LogP contribution in [0.2, 0.25) is 5.02 Å². The number of ether oxygens (including phenoxy) is 1. The number of piperazine rings is 1. The summed E-state index contributed by atoms with van der Waals surface area (Å²) >= 11 is 5.90. The zero-order chi connectivity index (χ0) is 15.2. The molecule has 0 saturated carbocycles. The number of nitro groups is 1. The standard InChI is InChI=1S/C13H16ClN3O4/c14-11-9-10(17(19)20)1-2-12(11)21-8-3-13(18)16-6-4-15-5-7-16/h1-2,9,15H,3-8H2. The fourth-order valence-corrected chi connectivity index (χ4v) is 2.27. The van der Waals surface area contributed by atoms with Crippen LogP contribution in [-0.2, 0) is 4.79 Å². The fourth-order valence-electron chi connectivity index (χ4n) is 2.04. The van der Waals surface area contributed by atoms with Crippen molar-refractivity contribution in [2.24, 2.45) is 0 Å². The molecule has 8 heteroatoms. The number of rotatable bonds is 5. The van der Waals surface area contributed by atoms with Crippen LogP contribution < -0.4 is 10.1 Å². The lowest BCUT2D eigenvalue weighted by molar-refractivity contribution is -0.384. The van der Waals surface area contributed by atoms with Gasteiger partial charge in [0.1, 0.15) is 5.75 Å². The number of carbonyl (C=O) groups excluding carboxylic acids is 1. The fraction of sp³-hybridized carbons (Fsp3) is 0.462. The van der Waals surface area contributed by atoms with Crippen molar-refractivity contribution in [1.29, 1.82) is 0 Å². The van der Waals surface area contributed by atoms with Gasteiger partial charge in [-0.15, -0.1) is 0 Å². The lowest BCUT2D eigenvalue weighted by Crippen LogP contribution is -2.46. The Kier molecular flexibility index (Phi) is 5.35. The van der Waals surface area contributed by atoms with Crippen molar-refractivity contribution in [3.05, 3.63) is 33.3 Å². The van der Waals surface area contributed by atoms with Gasteiger partial charge in [0.05, 0.1) is 23.0 Å². The van der Waals surface area contributed by atoms with E-state index in [-0.39, 0.29) is 29.6 Å². The minimum absolute atomic E-state index is 0.0366. The molecule has 1 fully saturated rings. The van der Waals surface area contributed by atoms with Crippen LogP contribution in [-0.4, -0.2) is 48.5 Å². The Morgan fingerprint density at radius 2 is 2.14 bits per heavy atom. The molecule has 1 aliphatic heterocycles. The molecule has 0 aliphatic carbocycles. The molecule has 1 aromatic rings. The highest BCUT2D eigenvalue weighted by Gasteiger charge is 2.16. The molecule has 1 aliphatic rings. The summed E-state index contributed by atoms with van der Waals surface area (Å²) < 4.78 is 5.42. The number of nitrogens with zero attached hydrogens (tertiary/aromatic N) is 2. The molecule has 1 heterocycles. The number of hydrogen-bond acceptors (Lipinski definition) is 5. The molecule has 0 radical (unpaired) electrons. The monoisotopic (exact) mass is 313 g/mol.